The molecule has 0 aliphatic carbocycles. The summed E-state index contributed by atoms with van der Waals surface area (Å²) in [5.41, 5.74) is 1.02. The second-order valence-corrected chi connectivity index (χ2v) is 3.83. The van der Waals surface area contributed by atoms with Crippen molar-refractivity contribution < 1.29 is 4.74 Å². The smallest absolute Gasteiger partial charge is 0.250 e. The molecule has 4 heteroatoms. The Morgan fingerprint density at radius 1 is 1.50 bits per heavy atom. The van der Waals surface area contributed by atoms with Crippen molar-refractivity contribution in [2.24, 2.45) is 0 Å². The first kappa shape index (κ1) is 12.9. The lowest BCUT2D eigenvalue weighted by atomic mass is 10.2. The lowest BCUT2D eigenvalue weighted by Crippen LogP contribution is -2.40. The van der Waals surface area contributed by atoms with Crippen molar-refractivity contribution >= 4 is 0 Å². The van der Waals surface area contributed by atoms with Crippen molar-refractivity contribution in [2.45, 2.75) is 26.4 Å². The van der Waals surface area contributed by atoms with Gasteiger partial charge in [-0.1, -0.05) is 13.0 Å². The number of ether oxygens (including phenoxy) is 1. The van der Waals surface area contributed by atoms with Crippen molar-refractivity contribution in [1.29, 1.82) is 0 Å². The molecule has 0 aliphatic heterocycles. The second-order valence-electron chi connectivity index (χ2n) is 3.83. The molecular formula is C12H20N2O2. The zero-order chi connectivity index (χ0) is 12.0. The Hall–Kier alpha value is -1.13. The van der Waals surface area contributed by atoms with Gasteiger partial charge < -0.3 is 14.6 Å². The van der Waals surface area contributed by atoms with Gasteiger partial charge in [-0.05, 0) is 19.5 Å². The number of hydrogen-bond acceptors (Lipinski definition) is 3. The Kier molecular flexibility index (Phi) is 5.22. The second kappa shape index (κ2) is 6.45. The normalized spacial score (nSPS) is 12.7. The highest BCUT2D eigenvalue weighted by molar-refractivity contribution is 5.04. The van der Waals surface area contributed by atoms with Crippen molar-refractivity contribution in [3.05, 3.63) is 34.2 Å². The van der Waals surface area contributed by atoms with Crippen LogP contribution in [0.15, 0.2) is 23.0 Å². The summed E-state index contributed by atoms with van der Waals surface area (Å²) in [6, 6.07) is 5.49. The van der Waals surface area contributed by atoms with E-state index in [1.807, 2.05) is 19.9 Å². The summed E-state index contributed by atoms with van der Waals surface area (Å²) in [7, 11) is 1.67. The average Bonchev–Trinajstić information content (AvgIpc) is 2.24. The molecule has 0 saturated heterocycles. The van der Waals surface area contributed by atoms with Crippen molar-refractivity contribution in [3.8, 4) is 0 Å². The number of aryl methyl sites for hydroxylation is 1. The molecular weight excluding hydrogens is 204 g/mol. The minimum Gasteiger partial charge on any atom is -0.383 e. The molecule has 1 heterocycles. The van der Waals surface area contributed by atoms with Gasteiger partial charge in [0.25, 0.3) is 5.56 Å². The quantitative estimate of drug-likeness (QED) is 0.776. The van der Waals surface area contributed by atoms with E-state index in [4.69, 9.17) is 4.74 Å². The summed E-state index contributed by atoms with van der Waals surface area (Å²) in [5.74, 6) is 0. The Labute approximate surface area is 96.2 Å². The third-order valence-corrected chi connectivity index (χ3v) is 2.53. The molecule has 0 bridgehead atoms. The summed E-state index contributed by atoms with van der Waals surface area (Å²) in [5, 5.41) is 3.30. The van der Waals surface area contributed by atoms with Gasteiger partial charge in [0, 0.05) is 31.5 Å². The Bertz CT molecular complexity index is 368. The predicted octanol–water partition coefficient (Wildman–Crippen LogP) is 0.781. The molecule has 0 fully saturated rings. The first-order valence-electron chi connectivity index (χ1n) is 5.57. The number of pyridine rings is 1. The molecule has 0 saturated carbocycles. The van der Waals surface area contributed by atoms with Crippen LogP contribution in [0.1, 0.15) is 12.6 Å². The van der Waals surface area contributed by atoms with E-state index in [-0.39, 0.29) is 11.6 Å². The van der Waals surface area contributed by atoms with E-state index in [1.165, 1.54) is 0 Å². The predicted molar refractivity (Wildman–Crippen MR) is 64.8 cm³/mol. The zero-order valence-electron chi connectivity index (χ0n) is 10.2. The number of nitrogens with zero attached hydrogens (tertiary/aromatic N) is 1. The van der Waals surface area contributed by atoms with E-state index in [0.717, 1.165) is 12.2 Å². The molecule has 0 amide bonds. The van der Waals surface area contributed by atoms with Crippen LogP contribution in [0, 0.1) is 6.92 Å². The molecule has 0 radical (unpaired) electrons. The fraction of sp³-hybridized carbons (Fsp3) is 0.583. The molecule has 1 aromatic rings. The van der Waals surface area contributed by atoms with E-state index < -0.39 is 0 Å². The SMILES string of the molecule is CCNC(COC)Cn1c(C)cccc1=O. The highest BCUT2D eigenvalue weighted by Crippen LogP contribution is 1.97. The largest absolute Gasteiger partial charge is 0.383 e. The van der Waals surface area contributed by atoms with E-state index in [1.54, 1.807) is 23.8 Å². The van der Waals surface area contributed by atoms with Gasteiger partial charge in [0.1, 0.15) is 0 Å². The number of hydrogen-bond donors (Lipinski definition) is 1. The van der Waals surface area contributed by atoms with Crippen LogP contribution in [0.2, 0.25) is 0 Å². The fourth-order valence-electron chi connectivity index (χ4n) is 1.74. The molecule has 0 spiro atoms. The van der Waals surface area contributed by atoms with Crippen LogP contribution in [0.5, 0.6) is 0 Å². The Balaban J connectivity index is 2.80. The minimum atomic E-state index is 0.0407. The van der Waals surface area contributed by atoms with Gasteiger partial charge in [0.05, 0.1) is 6.61 Å². The van der Waals surface area contributed by atoms with E-state index in [0.29, 0.717) is 13.2 Å². The highest BCUT2D eigenvalue weighted by Gasteiger charge is 2.09. The third kappa shape index (κ3) is 3.47. The van der Waals surface area contributed by atoms with Gasteiger partial charge in [0.2, 0.25) is 0 Å². The molecule has 1 aromatic heterocycles. The summed E-state index contributed by atoms with van der Waals surface area (Å²) in [6.07, 6.45) is 0. The van der Waals surface area contributed by atoms with Crippen LogP contribution >= 0.6 is 0 Å². The van der Waals surface area contributed by atoms with Gasteiger partial charge in [0.15, 0.2) is 0 Å². The number of likely N-dealkylation sites (N-methyl/N-ethyl adjacent to an activating group) is 1. The molecule has 90 valence electrons. The van der Waals surface area contributed by atoms with Crippen LogP contribution in [-0.2, 0) is 11.3 Å². The van der Waals surface area contributed by atoms with E-state index >= 15 is 0 Å². The Morgan fingerprint density at radius 2 is 2.25 bits per heavy atom. The number of methoxy groups -OCH3 is 1. The van der Waals surface area contributed by atoms with Crippen molar-refractivity contribution in [1.82, 2.24) is 9.88 Å². The van der Waals surface area contributed by atoms with Crippen LogP contribution in [0.4, 0.5) is 0 Å². The number of nitrogens with one attached hydrogen (secondary N) is 1. The van der Waals surface area contributed by atoms with Crippen LogP contribution in [0.25, 0.3) is 0 Å². The van der Waals surface area contributed by atoms with Gasteiger partial charge in [-0.3, -0.25) is 4.79 Å². The van der Waals surface area contributed by atoms with Crippen molar-refractivity contribution in [2.75, 3.05) is 20.3 Å². The van der Waals surface area contributed by atoms with Crippen LogP contribution < -0.4 is 10.9 Å². The fourth-order valence-corrected chi connectivity index (χ4v) is 1.74. The van der Waals surface area contributed by atoms with Gasteiger partial charge in [-0.2, -0.15) is 0 Å². The number of aromatic nitrogens is 1. The standard InChI is InChI=1S/C12H20N2O2/c1-4-13-11(9-16-3)8-14-10(2)6-5-7-12(14)15/h5-7,11,13H,4,8-9H2,1-3H3. The molecule has 0 aliphatic rings. The summed E-state index contributed by atoms with van der Waals surface area (Å²) in [4.78, 5) is 11.7. The van der Waals surface area contributed by atoms with Crippen LogP contribution in [-0.4, -0.2) is 30.9 Å². The monoisotopic (exact) mass is 224 g/mol. The van der Waals surface area contributed by atoms with Crippen LogP contribution in [0.3, 0.4) is 0 Å². The first-order valence-corrected chi connectivity index (χ1v) is 5.57. The maximum atomic E-state index is 11.7. The first-order chi connectivity index (χ1) is 7.69. The third-order valence-electron chi connectivity index (χ3n) is 2.53. The number of rotatable bonds is 6. The highest BCUT2D eigenvalue weighted by atomic mass is 16.5. The van der Waals surface area contributed by atoms with Gasteiger partial charge in [-0.25, -0.2) is 0 Å². The molecule has 16 heavy (non-hydrogen) atoms. The van der Waals surface area contributed by atoms with E-state index in [9.17, 15) is 4.79 Å². The maximum absolute atomic E-state index is 11.7. The summed E-state index contributed by atoms with van der Waals surface area (Å²) >= 11 is 0. The lowest BCUT2D eigenvalue weighted by Gasteiger charge is -2.19. The molecule has 1 rings (SSSR count). The van der Waals surface area contributed by atoms with Crippen molar-refractivity contribution in [3.63, 3.8) is 0 Å². The summed E-state index contributed by atoms with van der Waals surface area (Å²) in [6.45, 7) is 6.11. The maximum Gasteiger partial charge on any atom is 0.250 e. The molecule has 1 N–H and O–H groups in total. The summed E-state index contributed by atoms with van der Waals surface area (Å²) < 4.78 is 6.90. The molecule has 0 aromatic carbocycles. The van der Waals surface area contributed by atoms with Gasteiger partial charge in [-0.15, -0.1) is 0 Å². The average molecular weight is 224 g/mol. The molecule has 1 atom stereocenters. The topological polar surface area (TPSA) is 43.3 Å². The Morgan fingerprint density at radius 3 is 2.81 bits per heavy atom. The molecule has 4 nitrogen and oxygen atoms in total. The lowest BCUT2D eigenvalue weighted by molar-refractivity contribution is 0.158. The van der Waals surface area contributed by atoms with Gasteiger partial charge >= 0.3 is 0 Å². The zero-order valence-corrected chi connectivity index (χ0v) is 10.2. The van der Waals surface area contributed by atoms with E-state index in [2.05, 4.69) is 5.32 Å². The molecule has 1 unspecified atom stereocenters. The minimum absolute atomic E-state index is 0.0407.